The summed E-state index contributed by atoms with van der Waals surface area (Å²) in [5.41, 5.74) is 3.51. The molecule has 1 heterocycles. The molecule has 1 amide bonds. The van der Waals surface area contributed by atoms with Crippen molar-refractivity contribution in [2.24, 2.45) is 5.10 Å². The Morgan fingerprint density at radius 2 is 1.80 bits per heavy atom. The summed E-state index contributed by atoms with van der Waals surface area (Å²) in [4.78, 5) is 30.9. The Morgan fingerprint density at radius 1 is 1.07 bits per heavy atom. The van der Waals surface area contributed by atoms with Crippen LogP contribution in [0.2, 0.25) is 10.0 Å². The lowest BCUT2D eigenvalue weighted by atomic mass is 9.96. The van der Waals surface area contributed by atoms with Crippen molar-refractivity contribution >= 4 is 51.9 Å². The van der Waals surface area contributed by atoms with E-state index in [0.29, 0.717) is 22.3 Å². The molecule has 0 fully saturated rings. The molecule has 1 aromatic heterocycles. The van der Waals surface area contributed by atoms with E-state index in [2.05, 4.69) is 24.3 Å². The first-order valence-corrected chi connectivity index (χ1v) is 14.7. The molecule has 5 rings (SSSR count). The zero-order valence-corrected chi connectivity index (χ0v) is 26.4. The van der Waals surface area contributed by atoms with Crippen LogP contribution < -0.4 is 20.3 Å². The molecule has 0 radical (unpaired) electrons. The Balaban J connectivity index is 1.48. The molecular formula is C34H29Cl2FN4O4. The second kappa shape index (κ2) is 13.5. The molecule has 1 N–H and O–H groups in total. The highest BCUT2D eigenvalue weighted by Gasteiger charge is 2.19. The van der Waals surface area contributed by atoms with Crippen molar-refractivity contribution in [1.29, 1.82) is 0 Å². The standard InChI is InChI=1S/C34H29Cl2FN4O4/c1-19(2)25-16-26(20(3)12-30(25)44-4)33-40-29-11-6-5-10-24(29)34(43)41(33)38-17-21-13-27(35)32(28(36)14-21)45-18-31(42)39-23-9-7-8-22(37)15-23/h5-17,19H,18H2,1-4H3,(H,39,42). The summed E-state index contributed by atoms with van der Waals surface area (Å²) in [5.74, 6) is 0.348. The van der Waals surface area contributed by atoms with Gasteiger partial charge in [0.15, 0.2) is 18.2 Å². The number of nitrogens with one attached hydrogen (secondary N) is 1. The van der Waals surface area contributed by atoms with Crippen molar-refractivity contribution in [1.82, 2.24) is 9.66 Å². The number of nitrogens with zero attached hydrogens (tertiary/aromatic N) is 3. The number of amides is 1. The average molecular weight is 648 g/mol. The number of aryl methyl sites for hydroxylation is 1. The van der Waals surface area contributed by atoms with Crippen LogP contribution in [0.25, 0.3) is 22.3 Å². The maximum atomic E-state index is 13.7. The number of para-hydroxylation sites is 1. The van der Waals surface area contributed by atoms with Crippen molar-refractivity contribution in [3.05, 3.63) is 116 Å². The van der Waals surface area contributed by atoms with Crippen LogP contribution in [-0.2, 0) is 4.79 Å². The maximum Gasteiger partial charge on any atom is 0.282 e. The third kappa shape index (κ3) is 7.00. The Bertz CT molecular complexity index is 1990. The van der Waals surface area contributed by atoms with Gasteiger partial charge >= 0.3 is 0 Å². The third-order valence-corrected chi connectivity index (χ3v) is 7.55. The van der Waals surface area contributed by atoms with Crippen molar-refractivity contribution < 1.29 is 18.7 Å². The number of carbonyl (C=O) groups is 1. The number of hydrogen-bond donors (Lipinski definition) is 1. The van der Waals surface area contributed by atoms with Crippen molar-refractivity contribution in [3.8, 4) is 22.9 Å². The Labute approximate surface area is 269 Å². The highest BCUT2D eigenvalue weighted by Crippen LogP contribution is 2.35. The number of ether oxygens (including phenoxy) is 2. The van der Waals surface area contributed by atoms with Crippen LogP contribution in [0.15, 0.2) is 82.7 Å². The van der Waals surface area contributed by atoms with Gasteiger partial charge in [-0.1, -0.05) is 55.2 Å². The van der Waals surface area contributed by atoms with E-state index < -0.39 is 18.3 Å². The number of methoxy groups -OCH3 is 1. The van der Waals surface area contributed by atoms with Crippen LogP contribution >= 0.6 is 23.2 Å². The largest absolute Gasteiger partial charge is 0.496 e. The van der Waals surface area contributed by atoms with Crippen LogP contribution in [0.4, 0.5) is 10.1 Å². The number of halogens is 3. The third-order valence-electron chi connectivity index (χ3n) is 6.99. The van der Waals surface area contributed by atoms with Gasteiger partial charge < -0.3 is 14.8 Å². The molecule has 230 valence electrons. The minimum absolute atomic E-state index is 0.0881. The van der Waals surface area contributed by atoms with Crippen molar-refractivity contribution in [2.45, 2.75) is 26.7 Å². The lowest BCUT2D eigenvalue weighted by Gasteiger charge is -2.17. The first kappa shape index (κ1) is 31.7. The van der Waals surface area contributed by atoms with Gasteiger partial charge in [-0.25, -0.2) is 9.37 Å². The predicted octanol–water partition coefficient (Wildman–Crippen LogP) is 7.85. The fourth-order valence-corrected chi connectivity index (χ4v) is 5.40. The Hall–Kier alpha value is -4.73. The van der Waals surface area contributed by atoms with E-state index in [4.69, 9.17) is 37.7 Å². The normalized spacial score (nSPS) is 11.4. The highest BCUT2D eigenvalue weighted by molar-refractivity contribution is 6.37. The SMILES string of the molecule is COc1cc(C)c(-c2nc3ccccc3c(=O)n2N=Cc2cc(Cl)c(OCC(=O)Nc3cccc(F)c3)c(Cl)c2)cc1C(C)C. The van der Waals surface area contributed by atoms with E-state index in [1.807, 2.05) is 25.1 Å². The van der Waals surface area contributed by atoms with E-state index in [0.717, 1.165) is 22.4 Å². The quantitative estimate of drug-likeness (QED) is 0.165. The van der Waals surface area contributed by atoms with E-state index in [9.17, 15) is 14.0 Å². The van der Waals surface area contributed by atoms with Gasteiger partial charge in [-0.2, -0.15) is 9.78 Å². The molecule has 5 aromatic rings. The molecule has 0 aliphatic carbocycles. The summed E-state index contributed by atoms with van der Waals surface area (Å²) in [5, 5.41) is 7.73. The average Bonchev–Trinajstić information content (AvgIpc) is 3.00. The zero-order valence-electron chi connectivity index (χ0n) is 24.9. The summed E-state index contributed by atoms with van der Waals surface area (Å²) in [6.07, 6.45) is 1.45. The summed E-state index contributed by atoms with van der Waals surface area (Å²) in [6, 6.07) is 19.6. The van der Waals surface area contributed by atoms with Crippen LogP contribution in [0.5, 0.6) is 11.5 Å². The van der Waals surface area contributed by atoms with E-state index in [-0.39, 0.29) is 33.0 Å². The molecule has 4 aromatic carbocycles. The number of aromatic nitrogens is 2. The Morgan fingerprint density at radius 3 is 2.49 bits per heavy atom. The maximum absolute atomic E-state index is 13.7. The second-order valence-electron chi connectivity index (χ2n) is 10.5. The molecule has 0 spiro atoms. The first-order chi connectivity index (χ1) is 21.5. The molecule has 0 saturated carbocycles. The molecule has 0 unspecified atom stereocenters. The smallest absolute Gasteiger partial charge is 0.282 e. The molecule has 0 aliphatic heterocycles. The molecule has 11 heteroatoms. The molecule has 0 aliphatic rings. The molecule has 45 heavy (non-hydrogen) atoms. The van der Waals surface area contributed by atoms with Crippen LogP contribution in [0.3, 0.4) is 0 Å². The minimum atomic E-state index is -0.525. The summed E-state index contributed by atoms with van der Waals surface area (Å²) in [6.45, 7) is 5.64. The van der Waals surface area contributed by atoms with Gasteiger partial charge in [0.05, 0.1) is 34.3 Å². The monoisotopic (exact) mass is 646 g/mol. The summed E-state index contributed by atoms with van der Waals surface area (Å²) < 4.78 is 25.9. The van der Waals surface area contributed by atoms with Crippen molar-refractivity contribution in [2.75, 3.05) is 19.0 Å². The zero-order chi connectivity index (χ0) is 32.2. The lowest BCUT2D eigenvalue weighted by molar-refractivity contribution is -0.118. The Kier molecular flexibility index (Phi) is 9.51. The van der Waals surface area contributed by atoms with E-state index in [1.165, 1.54) is 29.1 Å². The number of fused-ring (bicyclic) bond motifs is 1. The molecule has 0 bridgehead atoms. The number of benzene rings is 4. The van der Waals surface area contributed by atoms with Gasteiger partial charge in [-0.3, -0.25) is 9.59 Å². The fraction of sp³-hybridized carbons (Fsp3) is 0.176. The van der Waals surface area contributed by atoms with E-state index >= 15 is 0 Å². The van der Waals surface area contributed by atoms with Gasteiger partial charge in [0.2, 0.25) is 0 Å². The summed E-state index contributed by atoms with van der Waals surface area (Å²) >= 11 is 12.9. The number of carbonyl (C=O) groups excluding carboxylic acids is 1. The number of hydrogen-bond acceptors (Lipinski definition) is 6. The van der Waals surface area contributed by atoms with Crippen molar-refractivity contribution in [3.63, 3.8) is 0 Å². The van der Waals surface area contributed by atoms with Gasteiger partial charge in [-0.15, -0.1) is 0 Å². The highest BCUT2D eigenvalue weighted by atomic mass is 35.5. The second-order valence-corrected chi connectivity index (χ2v) is 11.4. The summed E-state index contributed by atoms with van der Waals surface area (Å²) in [7, 11) is 1.63. The van der Waals surface area contributed by atoms with E-state index in [1.54, 1.807) is 43.5 Å². The predicted molar refractivity (Wildman–Crippen MR) is 177 cm³/mol. The molecule has 0 atom stereocenters. The minimum Gasteiger partial charge on any atom is -0.496 e. The molecule has 8 nitrogen and oxygen atoms in total. The number of anilines is 1. The first-order valence-electron chi connectivity index (χ1n) is 14.0. The molecule has 0 saturated heterocycles. The van der Waals surface area contributed by atoms with Gasteiger partial charge in [0.1, 0.15) is 11.6 Å². The van der Waals surface area contributed by atoms with Crippen LogP contribution in [-0.4, -0.2) is 35.5 Å². The van der Waals surface area contributed by atoms with Gasteiger partial charge in [0.25, 0.3) is 11.5 Å². The van der Waals surface area contributed by atoms with Crippen LogP contribution in [0, 0.1) is 12.7 Å². The number of rotatable bonds is 9. The fourth-order valence-electron chi connectivity index (χ4n) is 4.79. The van der Waals surface area contributed by atoms with Gasteiger partial charge in [0, 0.05) is 11.3 Å². The molecular weight excluding hydrogens is 618 g/mol. The topological polar surface area (TPSA) is 94.8 Å². The lowest BCUT2D eigenvalue weighted by Crippen LogP contribution is -2.21. The van der Waals surface area contributed by atoms with Crippen LogP contribution in [0.1, 0.15) is 36.5 Å². The van der Waals surface area contributed by atoms with Gasteiger partial charge in [-0.05, 0) is 84.1 Å².